The van der Waals surface area contributed by atoms with Crippen molar-refractivity contribution in [2.24, 2.45) is 0 Å². The summed E-state index contributed by atoms with van der Waals surface area (Å²) in [7, 11) is 0. The van der Waals surface area contributed by atoms with Gasteiger partial charge in [-0.1, -0.05) is 6.07 Å². The van der Waals surface area contributed by atoms with Crippen LogP contribution in [0.5, 0.6) is 0 Å². The minimum absolute atomic E-state index is 0.472. The summed E-state index contributed by atoms with van der Waals surface area (Å²) < 4.78 is 38.8. The van der Waals surface area contributed by atoms with Crippen molar-refractivity contribution in [3.8, 4) is 0 Å². The first kappa shape index (κ1) is 16.3. The molecule has 1 amide bonds. The van der Waals surface area contributed by atoms with Gasteiger partial charge in [-0.05, 0) is 48.6 Å². The van der Waals surface area contributed by atoms with E-state index in [4.69, 9.17) is 0 Å². The Hall–Kier alpha value is -2.57. The van der Waals surface area contributed by atoms with Gasteiger partial charge in [-0.25, -0.2) is 0 Å². The molecule has 0 aliphatic heterocycles. The molecule has 0 saturated carbocycles. The van der Waals surface area contributed by atoms with Crippen molar-refractivity contribution in [3.05, 3.63) is 63.6 Å². The van der Waals surface area contributed by atoms with Crippen LogP contribution in [0.4, 0.5) is 18.9 Å². The molecule has 126 valence electrons. The molecule has 0 unspecified atom stereocenters. The van der Waals surface area contributed by atoms with Gasteiger partial charge in [0.2, 0.25) is 5.91 Å². The Morgan fingerprint density at radius 3 is 2.62 bits per heavy atom. The van der Waals surface area contributed by atoms with Gasteiger partial charge in [-0.3, -0.25) is 9.59 Å². The number of carbonyl (C=O) groups is 1. The Morgan fingerprint density at radius 2 is 1.88 bits per heavy atom. The molecule has 0 saturated heterocycles. The van der Waals surface area contributed by atoms with Gasteiger partial charge in [0.15, 0.2) is 0 Å². The number of anilines is 1. The molecule has 24 heavy (non-hydrogen) atoms. The number of hydrogen-bond donors (Lipinski definition) is 1. The zero-order valence-corrected chi connectivity index (χ0v) is 12.7. The number of halogens is 3. The highest BCUT2D eigenvalue weighted by molar-refractivity contribution is 5.90. The van der Waals surface area contributed by atoms with Crippen molar-refractivity contribution in [1.29, 1.82) is 0 Å². The van der Waals surface area contributed by atoms with Crippen LogP contribution in [0.3, 0.4) is 0 Å². The second-order valence-corrected chi connectivity index (χ2v) is 5.77. The normalized spacial score (nSPS) is 13.6. The van der Waals surface area contributed by atoms with E-state index in [9.17, 15) is 22.8 Å². The van der Waals surface area contributed by atoms with Crippen LogP contribution >= 0.6 is 0 Å². The molecule has 1 aromatic heterocycles. The van der Waals surface area contributed by atoms with E-state index in [1.165, 1.54) is 11.1 Å². The van der Waals surface area contributed by atoms with E-state index in [0.29, 0.717) is 18.0 Å². The van der Waals surface area contributed by atoms with E-state index in [1.807, 2.05) is 12.1 Å². The smallest absolute Gasteiger partial charge is 0.325 e. The molecular weight excluding hydrogens is 321 g/mol. The average Bonchev–Trinajstić information content (AvgIpc) is 2.96. The highest BCUT2D eigenvalue weighted by Gasteiger charge is 2.31. The molecule has 0 atom stereocenters. The van der Waals surface area contributed by atoms with E-state index in [-0.39, 0.29) is 0 Å². The first-order valence-corrected chi connectivity index (χ1v) is 7.52. The van der Waals surface area contributed by atoms with E-state index in [1.54, 1.807) is 6.07 Å². The van der Waals surface area contributed by atoms with E-state index in [2.05, 4.69) is 5.32 Å². The largest absolute Gasteiger partial charge is 0.417 e. The van der Waals surface area contributed by atoms with Gasteiger partial charge in [-0.2, -0.15) is 13.2 Å². The molecule has 7 heteroatoms. The Labute approximate surface area is 135 Å². The highest BCUT2D eigenvalue weighted by atomic mass is 19.4. The molecule has 4 nitrogen and oxygen atoms in total. The maximum atomic E-state index is 12.7. The van der Waals surface area contributed by atoms with Crippen molar-refractivity contribution in [3.63, 3.8) is 0 Å². The lowest BCUT2D eigenvalue weighted by Crippen LogP contribution is -2.28. The number of benzene rings is 1. The molecule has 1 aliphatic rings. The lowest BCUT2D eigenvalue weighted by Gasteiger charge is -2.11. The molecule has 0 radical (unpaired) electrons. The lowest BCUT2D eigenvalue weighted by atomic mass is 10.1. The average molecular weight is 336 g/mol. The highest BCUT2D eigenvalue weighted by Crippen LogP contribution is 2.28. The van der Waals surface area contributed by atoms with Gasteiger partial charge in [0, 0.05) is 18.0 Å². The number of fused-ring (bicyclic) bond motifs is 1. The van der Waals surface area contributed by atoms with Crippen LogP contribution < -0.4 is 10.9 Å². The lowest BCUT2D eigenvalue weighted by molar-refractivity contribution is -0.138. The number of pyridine rings is 1. The topological polar surface area (TPSA) is 51.1 Å². The number of nitrogens with one attached hydrogen (secondary N) is 1. The summed E-state index contributed by atoms with van der Waals surface area (Å²) in [5, 5.41) is 2.63. The molecule has 1 aliphatic carbocycles. The second kappa shape index (κ2) is 6.14. The second-order valence-electron chi connectivity index (χ2n) is 5.77. The van der Waals surface area contributed by atoms with Crippen LogP contribution in [0.15, 0.2) is 41.3 Å². The predicted molar refractivity (Wildman–Crippen MR) is 82.8 cm³/mol. The number of amides is 1. The number of aryl methyl sites for hydroxylation is 2. The standard InChI is InChI=1S/C17H15F3N2O2/c18-17(19,20)13-5-7-16(24)22(9-13)10-15(23)21-14-6-4-11-2-1-3-12(11)8-14/h4-9H,1-3,10H2,(H,21,23). The zero-order chi connectivity index (χ0) is 17.3. The maximum Gasteiger partial charge on any atom is 0.417 e. The fourth-order valence-electron chi connectivity index (χ4n) is 2.83. The van der Waals surface area contributed by atoms with Crippen molar-refractivity contribution in [2.45, 2.75) is 32.0 Å². The van der Waals surface area contributed by atoms with Gasteiger partial charge in [0.1, 0.15) is 6.54 Å². The van der Waals surface area contributed by atoms with Crippen LogP contribution in [0.25, 0.3) is 0 Å². The fourth-order valence-corrected chi connectivity index (χ4v) is 2.83. The van der Waals surface area contributed by atoms with Crippen LogP contribution in [0.1, 0.15) is 23.1 Å². The molecular formula is C17H15F3N2O2. The Morgan fingerprint density at radius 1 is 1.12 bits per heavy atom. The molecule has 2 aromatic rings. The summed E-state index contributed by atoms with van der Waals surface area (Å²) in [6.45, 7) is -0.472. The zero-order valence-electron chi connectivity index (χ0n) is 12.7. The number of rotatable bonds is 3. The summed E-state index contributed by atoms with van der Waals surface area (Å²) in [5.41, 5.74) is 1.38. The Bertz CT molecular complexity index is 840. The van der Waals surface area contributed by atoms with Gasteiger partial charge < -0.3 is 9.88 Å². The van der Waals surface area contributed by atoms with Gasteiger partial charge in [-0.15, -0.1) is 0 Å². The maximum absolute atomic E-state index is 12.7. The van der Waals surface area contributed by atoms with Crippen LogP contribution in [0.2, 0.25) is 0 Å². The summed E-state index contributed by atoms with van der Waals surface area (Å²) in [6, 6.07) is 7.09. The molecule has 1 N–H and O–H groups in total. The Kier molecular flexibility index (Phi) is 4.17. The van der Waals surface area contributed by atoms with E-state index >= 15 is 0 Å². The van der Waals surface area contributed by atoms with Crippen molar-refractivity contribution < 1.29 is 18.0 Å². The van der Waals surface area contributed by atoms with Gasteiger partial charge in [0.25, 0.3) is 5.56 Å². The van der Waals surface area contributed by atoms with Crippen LogP contribution in [-0.2, 0) is 30.4 Å². The van der Waals surface area contributed by atoms with Crippen molar-refractivity contribution in [1.82, 2.24) is 4.57 Å². The number of carbonyl (C=O) groups excluding carboxylic acids is 1. The molecule has 1 heterocycles. The molecule has 0 bridgehead atoms. The van der Waals surface area contributed by atoms with Gasteiger partial charge in [0.05, 0.1) is 5.56 Å². The summed E-state index contributed by atoms with van der Waals surface area (Å²) in [5.74, 6) is -0.547. The number of aromatic nitrogens is 1. The quantitative estimate of drug-likeness (QED) is 0.937. The van der Waals surface area contributed by atoms with E-state index in [0.717, 1.165) is 29.9 Å². The van der Waals surface area contributed by atoms with Gasteiger partial charge >= 0.3 is 6.18 Å². The minimum Gasteiger partial charge on any atom is -0.325 e. The third-order valence-electron chi connectivity index (χ3n) is 4.01. The first-order valence-electron chi connectivity index (χ1n) is 7.52. The number of hydrogen-bond acceptors (Lipinski definition) is 2. The van der Waals surface area contributed by atoms with E-state index < -0.39 is 29.8 Å². The van der Waals surface area contributed by atoms with Crippen molar-refractivity contribution in [2.75, 3.05) is 5.32 Å². The first-order chi connectivity index (χ1) is 11.3. The molecule has 3 rings (SSSR count). The fraction of sp³-hybridized carbons (Fsp3) is 0.294. The van der Waals surface area contributed by atoms with Crippen molar-refractivity contribution >= 4 is 11.6 Å². The summed E-state index contributed by atoms with van der Waals surface area (Å²) >= 11 is 0. The monoisotopic (exact) mass is 336 g/mol. The number of nitrogens with zero attached hydrogens (tertiary/aromatic N) is 1. The Balaban J connectivity index is 1.74. The third-order valence-corrected chi connectivity index (χ3v) is 4.01. The third kappa shape index (κ3) is 3.50. The molecule has 0 spiro atoms. The summed E-state index contributed by atoms with van der Waals surface area (Å²) in [6.07, 6.45) is -0.863. The van der Waals surface area contributed by atoms with Crippen LogP contribution in [0, 0.1) is 0 Å². The predicted octanol–water partition coefficient (Wildman–Crippen LogP) is 2.99. The van der Waals surface area contributed by atoms with Crippen LogP contribution in [-0.4, -0.2) is 10.5 Å². The molecule has 1 aromatic carbocycles. The SMILES string of the molecule is O=C(Cn1cc(C(F)(F)F)ccc1=O)Nc1ccc2c(c1)CCC2. The molecule has 0 fully saturated rings. The number of alkyl halides is 3. The summed E-state index contributed by atoms with van der Waals surface area (Å²) in [4.78, 5) is 23.7. The minimum atomic E-state index is -4.56.